The maximum absolute atomic E-state index is 13.0. The number of carbonyl (C=O) groups is 1. The van der Waals surface area contributed by atoms with Gasteiger partial charge in [-0.3, -0.25) is 10.1 Å². The maximum Gasteiger partial charge on any atom is 0.337 e. The second-order valence-corrected chi connectivity index (χ2v) is 3.67. The summed E-state index contributed by atoms with van der Waals surface area (Å²) in [6.07, 6.45) is 0.921. The minimum atomic E-state index is -1.35. The predicted octanol–water partition coefficient (Wildman–Crippen LogP) is 2.62. The number of nitro groups is 1. The highest BCUT2D eigenvalue weighted by Crippen LogP contribution is 2.29. The number of pyridine rings is 1. The van der Waals surface area contributed by atoms with Crippen LogP contribution in [0.5, 0.6) is 11.6 Å². The quantitative estimate of drug-likeness (QED) is 0.681. The van der Waals surface area contributed by atoms with Crippen LogP contribution in [-0.2, 0) is 0 Å². The van der Waals surface area contributed by atoms with Crippen molar-refractivity contribution in [1.82, 2.24) is 4.98 Å². The number of ether oxygens (including phenoxy) is 1. The molecule has 2 rings (SSSR count). The van der Waals surface area contributed by atoms with Gasteiger partial charge in [0.2, 0.25) is 0 Å². The van der Waals surface area contributed by atoms with Crippen LogP contribution in [0.4, 0.5) is 10.1 Å². The molecule has 0 unspecified atom stereocenters. The average molecular weight is 278 g/mol. The highest BCUT2D eigenvalue weighted by Gasteiger charge is 2.21. The summed E-state index contributed by atoms with van der Waals surface area (Å²) >= 11 is 0. The predicted molar refractivity (Wildman–Crippen MR) is 64.3 cm³/mol. The van der Waals surface area contributed by atoms with Crippen LogP contribution >= 0.6 is 0 Å². The lowest BCUT2D eigenvalue weighted by atomic mass is 10.2. The molecule has 0 saturated heterocycles. The van der Waals surface area contributed by atoms with Crippen molar-refractivity contribution in [1.29, 1.82) is 0 Å². The molecular formula is C12H7FN2O5. The average Bonchev–Trinajstić information content (AvgIpc) is 2.38. The number of hydrogen-bond acceptors (Lipinski definition) is 5. The van der Waals surface area contributed by atoms with E-state index in [0.29, 0.717) is 0 Å². The Morgan fingerprint density at radius 2 is 2.15 bits per heavy atom. The van der Waals surface area contributed by atoms with Crippen molar-refractivity contribution in [2.45, 2.75) is 0 Å². The number of nitrogens with zero attached hydrogens (tertiary/aromatic N) is 2. The van der Waals surface area contributed by atoms with E-state index < -0.39 is 28.3 Å². The van der Waals surface area contributed by atoms with E-state index in [9.17, 15) is 19.3 Å². The van der Waals surface area contributed by atoms with Gasteiger partial charge in [-0.25, -0.2) is 14.2 Å². The molecule has 0 fully saturated rings. The smallest absolute Gasteiger partial charge is 0.337 e. The van der Waals surface area contributed by atoms with Crippen molar-refractivity contribution in [2.75, 3.05) is 0 Å². The number of hydrogen-bond donors (Lipinski definition) is 1. The van der Waals surface area contributed by atoms with Crippen LogP contribution in [0, 0.1) is 15.9 Å². The largest absolute Gasteiger partial charge is 0.478 e. The fourth-order valence-electron chi connectivity index (χ4n) is 1.41. The molecule has 0 saturated carbocycles. The Labute approximate surface area is 111 Å². The van der Waals surface area contributed by atoms with Gasteiger partial charge in [0.1, 0.15) is 11.6 Å². The lowest BCUT2D eigenvalue weighted by Gasteiger charge is -2.05. The third-order valence-corrected chi connectivity index (χ3v) is 2.29. The number of rotatable bonds is 4. The van der Waals surface area contributed by atoms with Gasteiger partial charge in [0.15, 0.2) is 0 Å². The molecule has 1 aromatic carbocycles. The summed E-state index contributed by atoms with van der Waals surface area (Å²) in [4.78, 5) is 24.4. The van der Waals surface area contributed by atoms with E-state index in [1.54, 1.807) is 0 Å². The molecule has 0 aliphatic rings. The first-order valence-electron chi connectivity index (χ1n) is 5.28. The van der Waals surface area contributed by atoms with Crippen molar-refractivity contribution in [3.05, 3.63) is 58.0 Å². The zero-order valence-corrected chi connectivity index (χ0v) is 9.82. The summed E-state index contributed by atoms with van der Waals surface area (Å²) in [6, 6.07) is 5.78. The molecule has 0 spiro atoms. The Bertz CT molecular complexity index is 689. The van der Waals surface area contributed by atoms with Crippen LogP contribution in [0.2, 0.25) is 0 Å². The van der Waals surface area contributed by atoms with Crippen LogP contribution in [0.25, 0.3) is 0 Å². The van der Waals surface area contributed by atoms with Crippen LogP contribution in [0.1, 0.15) is 10.4 Å². The molecule has 20 heavy (non-hydrogen) atoms. The van der Waals surface area contributed by atoms with Gasteiger partial charge >= 0.3 is 11.7 Å². The number of carboxylic acid groups (broad SMARTS) is 1. The second-order valence-electron chi connectivity index (χ2n) is 3.67. The highest BCUT2D eigenvalue weighted by atomic mass is 19.1. The first kappa shape index (κ1) is 13.4. The van der Waals surface area contributed by atoms with Gasteiger partial charge < -0.3 is 9.84 Å². The third-order valence-electron chi connectivity index (χ3n) is 2.29. The Kier molecular flexibility index (Phi) is 3.56. The van der Waals surface area contributed by atoms with Crippen LogP contribution in [0.3, 0.4) is 0 Å². The molecule has 1 N–H and O–H groups in total. The molecule has 1 aromatic heterocycles. The molecule has 7 nitrogen and oxygen atoms in total. The Morgan fingerprint density at radius 1 is 1.40 bits per heavy atom. The minimum Gasteiger partial charge on any atom is -0.478 e. The zero-order chi connectivity index (χ0) is 14.7. The Balaban J connectivity index is 2.41. The van der Waals surface area contributed by atoms with E-state index >= 15 is 0 Å². The minimum absolute atomic E-state index is 0.0173. The lowest BCUT2D eigenvalue weighted by Crippen LogP contribution is -2.02. The Hall–Kier alpha value is -3.03. The molecular weight excluding hydrogens is 271 g/mol. The number of aromatic nitrogens is 1. The number of benzene rings is 1. The van der Waals surface area contributed by atoms with Gasteiger partial charge in [-0.05, 0) is 12.1 Å². The molecule has 0 atom stereocenters. The summed E-state index contributed by atoms with van der Waals surface area (Å²) in [5, 5.41) is 19.6. The molecule has 102 valence electrons. The van der Waals surface area contributed by atoms with Gasteiger partial charge in [0, 0.05) is 18.3 Å². The monoisotopic (exact) mass is 278 g/mol. The SMILES string of the molecule is O=C(O)c1cnc(Oc2cccc(F)c2)c([N+](=O)[O-])c1. The van der Waals surface area contributed by atoms with Crippen LogP contribution < -0.4 is 4.74 Å². The lowest BCUT2D eigenvalue weighted by molar-refractivity contribution is -0.386. The van der Waals surface area contributed by atoms with Crippen molar-refractivity contribution < 1.29 is 24.0 Å². The molecule has 1 heterocycles. The van der Waals surface area contributed by atoms with E-state index in [0.717, 1.165) is 18.3 Å². The van der Waals surface area contributed by atoms with Crippen LogP contribution in [-0.4, -0.2) is 21.0 Å². The number of aromatic carboxylic acids is 1. The summed E-state index contributed by atoms with van der Waals surface area (Å²) < 4.78 is 18.1. The first-order valence-corrected chi connectivity index (χ1v) is 5.28. The molecule has 2 aromatic rings. The third kappa shape index (κ3) is 2.86. The number of carboxylic acids is 1. The molecule has 8 heteroatoms. The van der Waals surface area contributed by atoms with Crippen molar-refractivity contribution in [3.8, 4) is 11.6 Å². The maximum atomic E-state index is 13.0. The Morgan fingerprint density at radius 3 is 2.75 bits per heavy atom. The normalized spacial score (nSPS) is 10.1. The van der Waals surface area contributed by atoms with Gasteiger partial charge in [-0.2, -0.15) is 0 Å². The standard InChI is InChI=1S/C12H7FN2O5/c13-8-2-1-3-9(5-8)20-11-10(15(18)19)4-7(6-14-11)12(16)17/h1-6H,(H,16,17). The van der Waals surface area contributed by atoms with Gasteiger partial charge in [0.05, 0.1) is 10.5 Å². The van der Waals surface area contributed by atoms with Gasteiger partial charge in [-0.1, -0.05) is 6.07 Å². The first-order chi connectivity index (χ1) is 9.47. The van der Waals surface area contributed by atoms with Crippen molar-refractivity contribution in [2.24, 2.45) is 0 Å². The second kappa shape index (κ2) is 5.31. The zero-order valence-electron chi connectivity index (χ0n) is 9.82. The van der Waals surface area contributed by atoms with Gasteiger partial charge in [0.25, 0.3) is 5.88 Å². The van der Waals surface area contributed by atoms with E-state index in [2.05, 4.69) is 4.98 Å². The van der Waals surface area contributed by atoms with E-state index in [-0.39, 0.29) is 11.3 Å². The number of halogens is 1. The van der Waals surface area contributed by atoms with E-state index in [1.165, 1.54) is 18.2 Å². The van der Waals surface area contributed by atoms with Crippen molar-refractivity contribution in [3.63, 3.8) is 0 Å². The van der Waals surface area contributed by atoms with Crippen LogP contribution in [0.15, 0.2) is 36.5 Å². The fraction of sp³-hybridized carbons (Fsp3) is 0. The molecule has 0 bridgehead atoms. The molecule has 0 aliphatic heterocycles. The molecule has 0 radical (unpaired) electrons. The summed E-state index contributed by atoms with van der Waals surface area (Å²) in [5.41, 5.74) is -0.961. The summed E-state index contributed by atoms with van der Waals surface area (Å²) in [7, 11) is 0. The van der Waals surface area contributed by atoms with E-state index in [1.807, 2.05) is 0 Å². The topological polar surface area (TPSA) is 103 Å². The van der Waals surface area contributed by atoms with Crippen molar-refractivity contribution >= 4 is 11.7 Å². The summed E-state index contributed by atoms with van der Waals surface area (Å²) in [6.45, 7) is 0. The molecule has 0 aliphatic carbocycles. The van der Waals surface area contributed by atoms with Gasteiger partial charge in [-0.15, -0.1) is 0 Å². The highest BCUT2D eigenvalue weighted by molar-refractivity contribution is 5.88. The summed E-state index contributed by atoms with van der Waals surface area (Å²) in [5.74, 6) is -2.32. The van der Waals surface area contributed by atoms with E-state index in [4.69, 9.17) is 9.84 Å². The molecule has 0 amide bonds. The fourth-order valence-corrected chi connectivity index (χ4v) is 1.41.